The second-order valence-corrected chi connectivity index (χ2v) is 8.46. The van der Waals surface area contributed by atoms with Crippen molar-refractivity contribution >= 4 is 23.2 Å². The van der Waals surface area contributed by atoms with Crippen LogP contribution in [-0.2, 0) is 16.8 Å². The van der Waals surface area contributed by atoms with Gasteiger partial charge in [0.15, 0.2) is 5.75 Å². The summed E-state index contributed by atoms with van der Waals surface area (Å²) in [5.74, 6) is 2.11. The first-order valence-corrected chi connectivity index (χ1v) is 10.7. The fourth-order valence-electron chi connectivity index (χ4n) is 3.06. The zero-order valence-electron chi connectivity index (χ0n) is 17.5. The van der Waals surface area contributed by atoms with E-state index in [9.17, 15) is 0 Å². The molecule has 3 aromatic rings. The van der Waals surface area contributed by atoms with Crippen LogP contribution in [0, 0.1) is 0 Å². The Morgan fingerprint density at radius 1 is 0.833 bits per heavy atom. The van der Waals surface area contributed by atoms with Crippen LogP contribution in [0.15, 0.2) is 66.7 Å². The molecule has 0 saturated carbocycles. The van der Waals surface area contributed by atoms with Gasteiger partial charge in [-0.25, -0.2) is 0 Å². The van der Waals surface area contributed by atoms with Gasteiger partial charge in [0.25, 0.3) is 0 Å². The van der Waals surface area contributed by atoms with Crippen molar-refractivity contribution in [3.05, 3.63) is 87.9 Å². The minimum absolute atomic E-state index is 0.268. The van der Waals surface area contributed by atoms with Crippen LogP contribution in [0.2, 0.25) is 10.0 Å². The lowest BCUT2D eigenvalue weighted by molar-refractivity contribution is 0.0824. The molecule has 0 aliphatic carbocycles. The third-order valence-electron chi connectivity index (χ3n) is 4.68. The van der Waals surface area contributed by atoms with Gasteiger partial charge in [-0.05, 0) is 54.4 Å². The van der Waals surface area contributed by atoms with Crippen molar-refractivity contribution in [2.75, 3.05) is 13.2 Å². The van der Waals surface area contributed by atoms with Crippen molar-refractivity contribution in [3.8, 4) is 17.2 Å². The second-order valence-electron chi connectivity index (χ2n) is 7.64. The summed E-state index contributed by atoms with van der Waals surface area (Å²) in [6.45, 7) is 7.61. The van der Waals surface area contributed by atoms with E-state index >= 15 is 0 Å². The van der Waals surface area contributed by atoms with Crippen LogP contribution in [-0.4, -0.2) is 13.2 Å². The Bertz CT molecular complexity index is 948. The van der Waals surface area contributed by atoms with Crippen molar-refractivity contribution in [2.45, 2.75) is 32.8 Å². The first kappa shape index (κ1) is 22.5. The Morgan fingerprint density at radius 3 is 2.17 bits per heavy atom. The van der Waals surface area contributed by atoms with Crippen molar-refractivity contribution in [1.29, 1.82) is 0 Å². The molecule has 0 fully saturated rings. The molecule has 0 aromatic heterocycles. The number of hydrogen-bond acceptors (Lipinski definition) is 3. The second kappa shape index (κ2) is 10.2. The predicted molar refractivity (Wildman–Crippen MR) is 123 cm³/mol. The van der Waals surface area contributed by atoms with E-state index in [1.165, 1.54) is 0 Å². The molecular weight excluding hydrogens is 419 g/mol. The molecule has 5 heteroatoms. The number of para-hydroxylation sites is 1. The first-order valence-electron chi connectivity index (χ1n) is 9.91. The summed E-state index contributed by atoms with van der Waals surface area (Å²) in [6, 6.07) is 21.4. The molecule has 0 aliphatic heterocycles. The largest absolute Gasteiger partial charge is 0.491 e. The topological polar surface area (TPSA) is 27.7 Å². The minimum atomic E-state index is -0.268. The Morgan fingerprint density at radius 2 is 1.50 bits per heavy atom. The van der Waals surface area contributed by atoms with Crippen molar-refractivity contribution in [3.63, 3.8) is 0 Å². The van der Waals surface area contributed by atoms with Gasteiger partial charge in [0.1, 0.15) is 11.5 Å². The van der Waals surface area contributed by atoms with Gasteiger partial charge in [-0.1, -0.05) is 67.4 Å². The summed E-state index contributed by atoms with van der Waals surface area (Å²) in [5.41, 5.74) is 1.78. The van der Waals surface area contributed by atoms with Crippen molar-refractivity contribution < 1.29 is 14.2 Å². The molecule has 0 spiro atoms. The molecule has 3 aromatic carbocycles. The molecule has 0 atom stereocenters. The van der Waals surface area contributed by atoms with Gasteiger partial charge >= 0.3 is 0 Å². The Hall–Kier alpha value is -2.20. The minimum Gasteiger partial charge on any atom is -0.491 e. The van der Waals surface area contributed by atoms with Gasteiger partial charge < -0.3 is 14.2 Å². The number of benzene rings is 3. The number of rotatable bonds is 9. The maximum atomic E-state index is 6.37. The molecule has 0 unspecified atom stereocenters. The van der Waals surface area contributed by atoms with Gasteiger partial charge in [-0.2, -0.15) is 0 Å². The van der Waals surface area contributed by atoms with Gasteiger partial charge in [-0.15, -0.1) is 0 Å². The van der Waals surface area contributed by atoms with E-state index in [4.69, 9.17) is 37.4 Å². The molecular formula is C25H26Cl2O3. The third kappa shape index (κ3) is 5.91. The molecule has 0 N–H and O–H groups in total. The lowest BCUT2D eigenvalue weighted by Crippen LogP contribution is -2.24. The van der Waals surface area contributed by atoms with Crippen LogP contribution in [0.5, 0.6) is 17.2 Å². The molecule has 30 heavy (non-hydrogen) atoms. The van der Waals surface area contributed by atoms with Crippen molar-refractivity contribution in [1.82, 2.24) is 0 Å². The molecule has 0 radical (unpaired) electrons. The highest BCUT2D eigenvalue weighted by Gasteiger charge is 2.24. The van der Waals surface area contributed by atoms with Gasteiger partial charge in [-0.3, -0.25) is 0 Å². The fourth-order valence-corrected chi connectivity index (χ4v) is 3.66. The standard InChI is InChI=1S/C25H26Cl2O3/c1-4-29-24-22(26)14-19(15-23(24)27)25(2,3)17-28-16-18-9-8-12-21(13-18)30-20-10-6-5-7-11-20/h5-15H,4,16-17H2,1-3H3. The zero-order chi connectivity index (χ0) is 21.6. The molecule has 0 heterocycles. The smallest absolute Gasteiger partial charge is 0.156 e. The van der Waals surface area contributed by atoms with Crippen LogP contribution in [0.3, 0.4) is 0 Å². The van der Waals surface area contributed by atoms with E-state index in [1.807, 2.05) is 73.7 Å². The number of halogens is 2. The highest BCUT2D eigenvalue weighted by Crippen LogP contribution is 2.38. The summed E-state index contributed by atoms with van der Waals surface area (Å²) in [4.78, 5) is 0. The van der Waals surface area contributed by atoms with Gasteiger partial charge in [0.2, 0.25) is 0 Å². The number of ether oxygens (including phenoxy) is 3. The highest BCUT2D eigenvalue weighted by molar-refractivity contribution is 6.37. The van der Waals surface area contributed by atoms with Crippen LogP contribution < -0.4 is 9.47 Å². The van der Waals surface area contributed by atoms with Crippen LogP contribution >= 0.6 is 23.2 Å². The maximum absolute atomic E-state index is 6.37. The maximum Gasteiger partial charge on any atom is 0.156 e. The van der Waals surface area contributed by atoms with Crippen LogP contribution in [0.25, 0.3) is 0 Å². The van der Waals surface area contributed by atoms with Crippen LogP contribution in [0.4, 0.5) is 0 Å². The Kier molecular flexibility index (Phi) is 7.65. The SMILES string of the molecule is CCOc1c(Cl)cc(C(C)(C)COCc2cccc(Oc3ccccc3)c2)cc1Cl. The molecule has 158 valence electrons. The summed E-state index contributed by atoms with van der Waals surface area (Å²) in [5, 5.41) is 1.02. The summed E-state index contributed by atoms with van der Waals surface area (Å²) in [6.07, 6.45) is 0. The molecule has 0 bridgehead atoms. The molecule has 0 amide bonds. The Balaban J connectivity index is 1.62. The number of hydrogen-bond donors (Lipinski definition) is 0. The third-order valence-corrected chi connectivity index (χ3v) is 5.24. The van der Waals surface area contributed by atoms with Crippen LogP contribution in [0.1, 0.15) is 31.9 Å². The lowest BCUT2D eigenvalue weighted by Gasteiger charge is -2.26. The van der Waals surface area contributed by atoms with Crippen molar-refractivity contribution in [2.24, 2.45) is 0 Å². The quantitative estimate of drug-likeness (QED) is 0.338. The molecule has 0 saturated heterocycles. The highest BCUT2D eigenvalue weighted by atomic mass is 35.5. The summed E-state index contributed by atoms with van der Waals surface area (Å²) >= 11 is 12.7. The van der Waals surface area contributed by atoms with Gasteiger partial charge in [0.05, 0.1) is 29.9 Å². The normalized spacial score (nSPS) is 11.4. The lowest BCUT2D eigenvalue weighted by atomic mass is 9.85. The predicted octanol–water partition coefficient (Wildman–Crippen LogP) is 7.68. The van der Waals surface area contributed by atoms with E-state index in [1.54, 1.807) is 0 Å². The molecule has 3 rings (SSSR count). The molecule has 3 nitrogen and oxygen atoms in total. The van der Waals surface area contributed by atoms with E-state index in [0.717, 1.165) is 22.6 Å². The monoisotopic (exact) mass is 444 g/mol. The van der Waals surface area contributed by atoms with Gasteiger partial charge in [0, 0.05) is 5.41 Å². The average molecular weight is 445 g/mol. The van der Waals surface area contributed by atoms with E-state index in [-0.39, 0.29) is 5.41 Å². The Labute approximate surface area is 188 Å². The molecule has 0 aliphatic rings. The van der Waals surface area contributed by atoms with E-state index in [0.29, 0.717) is 35.6 Å². The average Bonchev–Trinajstić information content (AvgIpc) is 2.71. The summed E-state index contributed by atoms with van der Waals surface area (Å²) < 4.78 is 17.4. The zero-order valence-corrected chi connectivity index (χ0v) is 19.0. The first-order chi connectivity index (χ1) is 14.4. The fraction of sp³-hybridized carbons (Fsp3) is 0.280. The van der Waals surface area contributed by atoms with E-state index in [2.05, 4.69) is 13.8 Å². The summed E-state index contributed by atoms with van der Waals surface area (Å²) in [7, 11) is 0. The van der Waals surface area contributed by atoms with E-state index < -0.39 is 0 Å².